The minimum Gasteiger partial charge on any atom is -0.390 e. The standard InChI is InChI=1S/C26H32F2N2O4S/c1-17-8-9-23(18-6-4-3-5-7-18)35(33,34)30(17)14-19-12-22(28)20(13-21(19)27)26(11-10-24(29)31)15-25(2,32)16-26/h3-7,12-13,17,23,32H,8-11,14-16H2,1-2H3,(H2,29,31)/t17-,23+,25?,26?/m0/s1. The van der Waals surface area contributed by atoms with Crippen molar-refractivity contribution in [1.82, 2.24) is 4.31 Å². The number of nitrogens with two attached hydrogens (primary N) is 1. The van der Waals surface area contributed by atoms with Crippen LogP contribution in [0.1, 0.15) is 74.3 Å². The lowest BCUT2D eigenvalue weighted by molar-refractivity contribution is -0.120. The first-order chi connectivity index (χ1) is 16.3. The number of primary amides is 1. The largest absolute Gasteiger partial charge is 0.390 e. The Balaban J connectivity index is 1.64. The number of carbonyl (C=O) groups is 1. The van der Waals surface area contributed by atoms with E-state index in [4.69, 9.17) is 5.73 Å². The van der Waals surface area contributed by atoms with Gasteiger partial charge in [0.2, 0.25) is 15.9 Å². The summed E-state index contributed by atoms with van der Waals surface area (Å²) in [4.78, 5) is 11.4. The molecule has 1 saturated carbocycles. The molecule has 0 spiro atoms. The molecule has 2 fully saturated rings. The molecule has 2 aliphatic rings. The highest BCUT2D eigenvalue weighted by molar-refractivity contribution is 7.89. The van der Waals surface area contributed by atoms with E-state index in [-0.39, 0.29) is 49.4 Å². The Morgan fingerprint density at radius 2 is 1.80 bits per heavy atom. The zero-order chi connectivity index (χ0) is 25.6. The number of halogens is 2. The smallest absolute Gasteiger partial charge is 0.221 e. The van der Waals surface area contributed by atoms with Crippen molar-refractivity contribution in [1.29, 1.82) is 0 Å². The molecule has 2 aromatic rings. The molecule has 35 heavy (non-hydrogen) atoms. The van der Waals surface area contributed by atoms with Crippen LogP contribution >= 0.6 is 0 Å². The van der Waals surface area contributed by atoms with Crippen molar-refractivity contribution in [2.75, 3.05) is 0 Å². The molecule has 3 N–H and O–H groups in total. The first kappa shape index (κ1) is 25.7. The van der Waals surface area contributed by atoms with Gasteiger partial charge in [0.1, 0.15) is 16.9 Å². The van der Waals surface area contributed by atoms with Gasteiger partial charge in [-0.25, -0.2) is 17.2 Å². The maximum Gasteiger partial charge on any atom is 0.221 e. The SMILES string of the molecule is C[C@H]1CC[C@H](c2ccccc2)S(=O)(=O)N1Cc1cc(F)c(C2(CCC(N)=O)CC(C)(O)C2)cc1F. The van der Waals surface area contributed by atoms with Crippen molar-refractivity contribution in [3.05, 3.63) is 70.8 Å². The summed E-state index contributed by atoms with van der Waals surface area (Å²) < 4.78 is 58.9. The minimum atomic E-state index is -3.80. The van der Waals surface area contributed by atoms with Crippen LogP contribution in [0.3, 0.4) is 0 Å². The van der Waals surface area contributed by atoms with E-state index in [1.165, 1.54) is 4.31 Å². The van der Waals surface area contributed by atoms with Crippen molar-refractivity contribution in [3.8, 4) is 0 Å². The summed E-state index contributed by atoms with van der Waals surface area (Å²) in [5.41, 5.74) is 4.06. The predicted molar refractivity (Wildman–Crippen MR) is 129 cm³/mol. The van der Waals surface area contributed by atoms with E-state index in [1.807, 2.05) is 6.07 Å². The molecule has 6 nitrogen and oxygen atoms in total. The number of hydrogen-bond donors (Lipinski definition) is 2. The predicted octanol–water partition coefficient (Wildman–Crippen LogP) is 4.07. The monoisotopic (exact) mass is 506 g/mol. The van der Waals surface area contributed by atoms with E-state index < -0.39 is 43.8 Å². The summed E-state index contributed by atoms with van der Waals surface area (Å²) in [7, 11) is -3.80. The van der Waals surface area contributed by atoms with Gasteiger partial charge in [-0.2, -0.15) is 4.31 Å². The van der Waals surface area contributed by atoms with Crippen molar-refractivity contribution >= 4 is 15.9 Å². The van der Waals surface area contributed by atoms with Gasteiger partial charge in [-0.1, -0.05) is 30.3 Å². The van der Waals surface area contributed by atoms with Crippen LogP contribution in [0, 0.1) is 11.6 Å². The third-order valence-electron chi connectivity index (χ3n) is 7.52. The van der Waals surface area contributed by atoms with Gasteiger partial charge in [-0.05, 0) is 69.2 Å². The lowest BCUT2D eigenvalue weighted by Gasteiger charge is -2.52. The Bertz CT molecular complexity index is 1210. The molecule has 0 radical (unpaired) electrons. The van der Waals surface area contributed by atoms with E-state index in [2.05, 4.69) is 0 Å². The zero-order valence-corrected chi connectivity index (χ0v) is 20.8. The van der Waals surface area contributed by atoms with Gasteiger partial charge >= 0.3 is 0 Å². The molecule has 4 rings (SSSR count). The molecule has 1 amide bonds. The highest BCUT2D eigenvalue weighted by atomic mass is 32.2. The fourth-order valence-corrected chi connectivity index (χ4v) is 8.09. The number of amides is 1. The molecule has 1 saturated heterocycles. The number of carbonyl (C=O) groups excluding carboxylic acids is 1. The summed E-state index contributed by atoms with van der Waals surface area (Å²) in [5.74, 6) is -1.94. The molecule has 0 bridgehead atoms. The van der Waals surface area contributed by atoms with Gasteiger partial charge < -0.3 is 10.8 Å². The molecular formula is C26H32F2N2O4S. The average Bonchev–Trinajstić information content (AvgIpc) is 2.76. The Kier molecular flexibility index (Phi) is 6.81. The van der Waals surface area contributed by atoms with Crippen LogP contribution in [0.25, 0.3) is 0 Å². The molecule has 0 aromatic heterocycles. The Morgan fingerprint density at radius 1 is 1.14 bits per heavy atom. The summed E-state index contributed by atoms with van der Waals surface area (Å²) in [5, 5.41) is 9.57. The first-order valence-corrected chi connectivity index (χ1v) is 13.4. The highest BCUT2D eigenvalue weighted by Gasteiger charge is 2.53. The second kappa shape index (κ2) is 9.26. The van der Waals surface area contributed by atoms with E-state index in [0.29, 0.717) is 18.4 Å². The number of hydrogen-bond acceptors (Lipinski definition) is 4. The molecule has 0 unspecified atom stereocenters. The quantitative estimate of drug-likeness (QED) is 0.591. The van der Waals surface area contributed by atoms with Gasteiger partial charge in [-0.15, -0.1) is 0 Å². The lowest BCUT2D eigenvalue weighted by Crippen LogP contribution is -2.53. The maximum atomic E-state index is 15.4. The molecule has 2 atom stereocenters. The van der Waals surface area contributed by atoms with E-state index in [0.717, 1.165) is 12.1 Å². The molecule has 9 heteroatoms. The van der Waals surface area contributed by atoms with Crippen LogP contribution in [0.2, 0.25) is 0 Å². The molecule has 190 valence electrons. The summed E-state index contributed by atoms with van der Waals surface area (Å²) in [6, 6.07) is 10.7. The van der Waals surface area contributed by atoms with Gasteiger partial charge in [0.15, 0.2) is 0 Å². The molecule has 1 heterocycles. The van der Waals surface area contributed by atoms with Crippen LogP contribution < -0.4 is 5.73 Å². The lowest BCUT2D eigenvalue weighted by atomic mass is 9.54. The Morgan fingerprint density at radius 3 is 2.40 bits per heavy atom. The third-order valence-corrected chi connectivity index (χ3v) is 9.89. The fourth-order valence-electron chi connectivity index (χ4n) is 5.91. The van der Waals surface area contributed by atoms with E-state index in [1.54, 1.807) is 38.1 Å². The maximum absolute atomic E-state index is 15.4. The second-order valence-electron chi connectivity index (χ2n) is 10.4. The fraction of sp³-hybridized carbons (Fsp3) is 0.500. The Hall–Kier alpha value is -2.36. The molecule has 2 aromatic carbocycles. The summed E-state index contributed by atoms with van der Waals surface area (Å²) in [6.07, 6.45) is 1.61. The summed E-state index contributed by atoms with van der Waals surface area (Å²) >= 11 is 0. The zero-order valence-electron chi connectivity index (χ0n) is 20.0. The second-order valence-corrected chi connectivity index (χ2v) is 12.5. The number of nitrogens with zero attached hydrogens (tertiary/aromatic N) is 1. The molecule has 1 aliphatic carbocycles. The van der Waals surface area contributed by atoms with E-state index in [9.17, 15) is 18.3 Å². The van der Waals surface area contributed by atoms with Crippen molar-refractivity contribution in [2.24, 2.45) is 5.73 Å². The topological polar surface area (TPSA) is 101 Å². The number of aliphatic hydroxyl groups is 1. The molecular weight excluding hydrogens is 474 g/mol. The highest BCUT2D eigenvalue weighted by Crippen LogP contribution is 2.54. The van der Waals surface area contributed by atoms with Crippen molar-refractivity contribution in [3.63, 3.8) is 0 Å². The number of sulfonamides is 1. The van der Waals surface area contributed by atoms with Gasteiger partial charge in [0.25, 0.3) is 0 Å². The van der Waals surface area contributed by atoms with Gasteiger partial charge in [0, 0.05) is 30.0 Å². The molecule has 1 aliphatic heterocycles. The van der Waals surface area contributed by atoms with Gasteiger partial charge in [0.05, 0.1) is 5.60 Å². The van der Waals surface area contributed by atoms with E-state index >= 15 is 8.78 Å². The van der Waals surface area contributed by atoms with Crippen molar-refractivity contribution < 1.29 is 27.1 Å². The van der Waals surface area contributed by atoms with Crippen LogP contribution in [0.5, 0.6) is 0 Å². The normalized spacial score (nSPS) is 30.5. The van der Waals surface area contributed by atoms with Crippen molar-refractivity contribution in [2.45, 2.75) is 81.2 Å². The summed E-state index contributed by atoms with van der Waals surface area (Å²) in [6.45, 7) is 3.11. The number of rotatable bonds is 7. The first-order valence-electron chi connectivity index (χ1n) is 11.9. The van der Waals surface area contributed by atoms with Crippen LogP contribution in [-0.4, -0.2) is 35.4 Å². The average molecular weight is 507 g/mol. The Labute approximate surface area is 205 Å². The number of benzene rings is 2. The van der Waals surface area contributed by atoms with Crippen LogP contribution in [0.4, 0.5) is 8.78 Å². The van der Waals surface area contributed by atoms with Crippen LogP contribution in [-0.2, 0) is 26.8 Å². The third kappa shape index (κ3) is 4.99. The van der Waals surface area contributed by atoms with Crippen LogP contribution in [0.15, 0.2) is 42.5 Å². The van der Waals surface area contributed by atoms with Gasteiger partial charge in [-0.3, -0.25) is 4.79 Å². The minimum absolute atomic E-state index is 0.0106.